The first-order valence-electron chi connectivity index (χ1n) is 4.78. The lowest BCUT2D eigenvalue weighted by molar-refractivity contribution is -0.119. The van der Waals surface area contributed by atoms with Crippen molar-refractivity contribution in [2.75, 3.05) is 6.61 Å². The molecule has 0 unspecified atom stereocenters. The number of hydrogen-bond acceptors (Lipinski definition) is 3. The fourth-order valence-corrected chi connectivity index (χ4v) is 1.27. The van der Waals surface area contributed by atoms with Crippen LogP contribution in [0.25, 0.3) is 0 Å². The molecule has 0 heterocycles. The maximum absolute atomic E-state index is 10.5. The van der Waals surface area contributed by atoms with Crippen molar-refractivity contribution in [1.82, 2.24) is 0 Å². The van der Waals surface area contributed by atoms with Gasteiger partial charge in [-0.25, -0.2) is 0 Å². The molecular formula is C11H16N2O2. The summed E-state index contributed by atoms with van der Waals surface area (Å²) in [6.45, 7) is 3.72. The van der Waals surface area contributed by atoms with Gasteiger partial charge in [-0.15, -0.1) is 0 Å². The topological polar surface area (TPSA) is 78.3 Å². The van der Waals surface area contributed by atoms with Gasteiger partial charge in [0.15, 0.2) is 6.61 Å². The zero-order valence-electron chi connectivity index (χ0n) is 8.99. The Balaban J connectivity index is 2.79. The Kier molecular flexibility index (Phi) is 3.68. The van der Waals surface area contributed by atoms with Gasteiger partial charge in [0.1, 0.15) is 5.75 Å². The average molecular weight is 208 g/mol. The minimum Gasteiger partial charge on any atom is -0.484 e. The molecule has 0 bridgehead atoms. The van der Waals surface area contributed by atoms with Gasteiger partial charge in [-0.05, 0) is 31.0 Å². The van der Waals surface area contributed by atoms with Crippen molar-refractivity contribution in [3.8, 4) is 5.75 Å². The third-order valence-corrected chi connectivity index (χ3v) is 2.09. The predicted octanol–water partition coefficient (Wildman–Crippen LogP) is 0.879. The molecule has 0 aromatic heterocycles. The summed E-state index contributed by atoms with van der Waals surface area (Å²) in [5, 5.41) is 0. The van der Waals surface area contributed by atoms with E-state index in [1.165, 1.54) is 0 Å². The highest BCUT2D eigenvalue weighted by Gasteiger charge is 2.05. The number of nitrogens with two attached hydrogens (primary N) is 2. The zero-order chi connectivity index (χ0) is 11.4. The molecule has 15 heavy (non-hydrogen) atoms. The van der Waals surface area contributed by atoms with E-state index in [0.717, 1.165) is 11.1 Å². The minimum absolute atomic E-state index is 0.00566. The van der Waals surface area contributed by atoms with Crippen LogP contribution < -0.4 is 16.2 Å². The summed E-state index contributed by atoms with van der Waals surface area (Å²) in [4.78, 5) is 10.5. The van der Waals surface area contributed by atoms with E-state index in [2.05, 4.69) is 0 Å². The fraction of sp³-hybridized carbons (Fsp3) is 0.364. The fourth-order valence-electron chi connectivity index (χ4n) is 1.27. The molecule has 0 radical (unpaired) electrons. The van der Waals surface area contributed by atoms with E-state index in [4.69, 9.17) is 16.2 Å². The van der Waals surface area contributed by atoms with Gasteiger partial charge in [0.05, 0.1) is 0 Å². The highest BCUT2D eigenvalue weighted by molar-refractivity contribution is 5.75. The van der Waals surface area contributed by atoms with Crippen LogP contribution in [0.1, 0.15) is 24.1 Å². The summed E-state index contributed by atoms with van der Waals surface area (Å²) in [5.74, 6) is 0.184. The highest BCUT2D eigenvalue weighted by atomic mass is 16.5. The Labute approximate surface area is 89.2 Å². The standard InChI is InChI=1S/C11H16N2O2/c1-7-5-9(8(2)12)3-4-10(7)15-6-11(13)14/h3-5,8H,6,12H2,1-2H3,(H2,13,14)/t8-/m0/s1. The maximum Gasteiger partial charge on any atom is 0.255 e. The largest absolute Gasteiger partial charge is 0.484 e. The zero-order valence-corrected chi connectivity index (χ0v) is 8.99. The Bertz CT molecular complexity index is 362. The van der Waals surface area contributed by atoms with Crippen LogP contribution in [-0.4, -0.2) is 12.5 Å². The van der Waals surface area contributed by atoms with Crippen molar-refractivity contribution < 1.29 is 9.53 Å². The van der Waals surface area contributed by atoms with Gasteiger partial charge in [-0.2, -0.15) is 0 Å². The Hall–Kier alpha value is -1.55. The van der Waals surface area contributed by atoms with Crippen LogP contribution in [0.5, 0.6) is 5.75 Å². The first kappa shape index (κ1) is 11.5. The van der Waals surface area contributed by atoms with E-state index in [1.54, 1.807) is 6.07 Å². The Morgan fingerprint density at radius 3 is 2.67 bits per heavy atom. The molecule has 0 aliphatic carbocycles. The molecule has 0 aliphatic heterocycles. The second kappa shape index (κ2) is 4.79. The summed E-state index contributed by atoms with van der Waals surface area (Å²) in [6.07, 6.45) is 0. The van der Waals surface area contributed by atoms with E-state index in [-0.39, 0.29) is 12.6 Å². The summed E-state index contributed by atoms with van der Waals surface area (Å²) in [5.41, 5.74) is 12.7. The number of benzene rings is 1. The lowest BCUT2D eigenvalue weighted by Gasteiger charge is -2.11. The van der Waals surface area contributed by atoms with Gasteiger partial charge >= 0.3 is 0 Å². The van der Waals surface area contributed by atoms with Crippen LogP contribution in [0.2, 0.25) is 0 Å². The Morgan fingerprint density at radius 2 is 2.20 bits per heavy atom. The van der Waals surface area contributed by atoms with Crippen molar-refractivity contribution in [2.45, 2.75) is 19.9 Å². The van der Waals surface area contributed by atoms with Gasteiger partial charge in [0.25, 0.3) is 5.91 Å². The molecule has 0 saturated heterocycles. The number of carbonyl (C=O) groups excluding carboxylic acids is 1. The molecule has 0 spiro atoms. The number of amides is 1. The van der Waals surface area contributed by atoms with Gasteiger partial charge in [-0.1, -0.05) is 12.1 Å². The summed E-state index contributed by atoms with van der Waals surface area (Å²) < 4.78 is 5.22. The second-order valence-electron chi connectivity index (χ2n) is 3.57. The minimum atomic E-state index is -0.481. The van der Waals surface area contributed by atoms with Crippen molar-refractivity contribution in [3.05, 3.63) is 29.3 Å². The van der Waals surface area contributed by atoms with Crippen molar-refractivity contribution in [3.63, 3.8) is 0 Å². The maximum atomic E-state index is 10.5. The van der Waals surface area contributed by atoms with Crippen LogP contribution in [-0.2, 0) is 4.79 Å². The monoisotopic (exact) mass is 208 g/mol. The quantitative estimate of drug-likeness (QED) is 0.771. The first-order chi connectivity index (χ1) is 7.00. The first-order valence-corrected chi connectivity index (χ1v) is 4.78. The van der Waals surface area contributed by atoms with E-state index in [0.29, 0.717) is 5.75 Å². The normalized spacial score (nSPS) is 12.2. The summed E-state index contributed by atoms with van der Waals surface area (Å²) >= 11 is 0. The molecule has 1 aromatic rings. The molecule has 4 nitrogen and oxygen atoms in total. The molecule has 1 aromatic carbocycles. The lowest BCUT2D eigenvalue weighted by atomic mass is 10.1. The van der Waals surface area contributed by atoms with Crippen LogP contribution in [0.15, 0.2) is 18.2 Å². The van der Waals surface area contributed by atoms with Gasteiger partial charge in [0.2, 0.25) is 0 Å². The number of carbonyl (C=O) groups is 1. The van der Waals surface area contributed by atoms with Crippen LogP contribution in [0.4, 0.5) is 0 Å². The third kappa shape index (κ3) is 3.25. The molecular weight excluding hydrogens is 192 g/mol. The van der Waals surface area contributed by atoms with Crippen LogP contribution in [0.3, 0.4) is 0 Å². The van der Waals surface area contributed by atoms with Crippen LogP contribution >= 0.6 is 0 Å². The molecule has 1 amide bonds. The van der Waals surface area contributed by atoms with Gasteiger partial charge in [-0.3, -0.25) is 4.79 Å². The summed E-state index contributed by atoms with van der Waals surface area (Å²) in [6, 6.07) is 5.63. The van der Waals surface area contributed by atoms with Crippen molar-refractivity contribution in [2.24, 2.45) is 11.5 Å². The van der Waals surface area contributed by atoms with E-state index in [9.17, 15) is 4.79 Å². The van der Waals surface area contributed by atoms with Crippen LogP contribution in [0, 0.1) is 6.92 Å². The molecule has 4 N–H and O–H groups in total. The number of rotatable bonds is 4. The number of aryl methyl sites for hydroxylation is 1. The Morgan fingerprint density at radius 1 is 1.53 bits per heavy atom. The molecule has 0 saturated carbocycles. The predicted molar refractivity (Wildman–Crippen MR) is 58.5 cm³/mol. The number of ether oxygens (including phenoxy) is 1. The molecule has 82 valence electrons. The SMILES string of the molecule is Cc1cc([C@H](C)N)ccc1OCC(N)=O. The van der Waals surface area contributed by atoms with Crippen molar-refractivity contribution in [1.29, 1.82) is 0 Å². The van der Waals surface area contributed by atoms with E-state index < -0.39 is 5.91 Å². The number of primary amides is 1. The molecule has 0 aliphatic rings. The smallest absolute Gasteiger partial charge is 0.255 e. The molecule has 1 atom stereocenters. The molecule has 1 rings (SSSR count). The molecule has 4 heteroatoms. The van der Waals surface area contributed by atoms with Gasteiger partial charge < -0.3 is 16.2 Å². The number of hydrogen-bond donors (Lipinski definition) is 2. The van der Waals surface area contributed by atoms with E-state index in [1.807, 2.05) is 26.0 Å². The van der Waals surface area contributed by atoms with E-state index >= 15 is 0 Å². The average Bonchev–Trinajstić information content (AvgIpc) is 2.15. The summed E-state index contributed by atoms with van der Waals surface area (Å²) in [7, 11) is 0. The second-order valence-corrected chi connectivity index (χ2v) is 3.57. The third-order valence-electron chi connectivity index (χ3n) is 2.09. The van der Waals surface area contributed by atoms with Crippen molar-refractivity contribution >= 4 is 5.91 Å². The highest BCUT2D eigenvalue weighted by Crippen LogP contribution is 2.21. The lowest BCUT2D eigenvalue weighted by Crippen LogP contribution is -2.20. The van der Waals surface area contributed by atoms with Gasteiger partial charge in [0, 0.05) is 6.04 Å². The molecule has 0 fully saturated rings.